The fourth-order valence-electron chi connectivity index (χ4n) is 4.58. The number of carbonyl (C=O) groups is 3. The van der Waals surface area contributed by atoms with Crippen LogP contribution in [0.4, 0.5) is 27.7 Å². The number of Topliss-reactive ketones (excluding diaryl/α,β-unsaturated/α-hetero) is 1. The first-order valence-corrected chi connectivity index (χ1v) is 13.5. The van der Waals surface area contributed by atoms with Gasteiger partial charge in [0.2, 0.25) is 0 Å². The van der Waals surface area contributed by atoms with Gasteiger partial charge >= 0.3 is 6.03 Å². The van der Waals surface area contributed by atoms with Crippen LogP contribution < -0.4 is 25.2 Å². The summed E-state index contributed by atoms with van der Waals surface area (Å²) in [6, 6.07) is 13.7. The highest BCUT2D eigenvalue weighted by Crippen LogP contribution is 2.33. The summed E-state index contributed by atoms with van der Waals surface area (Å²) < 4.78 is 16.5. The Kier molecular flexibility index (Phi) is 8.70. The van der Waals surface area contributed by atoms with Crippen molar-refractivity contribution in [3.63, 3.8) is 0 Å². The number of nitrogens with zero attached hydrogens (tertiary/aromatic N) is 4. The van der Waals surface area contributed by atoms with Gasteiger partial charge in [-0.2, -0.15) is 0 Å². The van der Waals surface area contributed by atoms with Crippen LogP contribution in [0.3, 0.4) is 0 Å². The van der Waals surface area contributed by atoms with Crippen molar-refractivity contribution in [2.75, 3.05) is 73.1 Å². The minimum atomic E-state index is -0.418. The van der Waals surface area contributed by atoms with E-state index in [9.17, 15) is 14.4 Å². The second-order valence-corrected chi connectivity index (χ2v) is 9.44. The summed E-state index contributed by atoms with van der Waals surface area (Å²) in [4.78, 5) is 50.2. The molecule has 0 atom stereocenters. The molecule has 12 heteroatoms. The van der Waals surface area contributed by atoms with Crippen molar-refractivity contribution in [2.45, 2.75) is 13.8 Å². The van der Waals surface area contributed by atoms with E-state index in [1.165, 1.54) is 6.92 Å². The van der Waals surface area contributed by atoms with E-state index >= 15 is 0 Å². The SMILES string of the molecule is CCOc1c(C(C)=O)nc(-c2ccc(NC(=O)Nc3ccc(N4CCOCC4=O)cc3)cc2)nc1N1CCOCC1. The number of aromatic nitrogens is 2. The molecule has 2 saturated heterocycles. The second kappa shape index (κ2) is 12.7. The van der Waals surface area contributed by atoms with Crippen LogP contribution in [0.2, 0.25) is 0 Å². The van der Waals surface area contributed by atoms with E-state index in [4.69, 9.17) is 19.2 Å². The molecule has 3 amide bonds. The summed E-state index contributed by atoms with van der Waals surface area (Å²) in [6.07, 6.45) is 0. The smallest absolute Gasteiger partial charge is 0.323 e. The average Bonchev–Trinajstić information content (AvgIpc) is 2.99. The third-order valence-corrected chi connectivity index (χ3v) is 6.60. The van der Waals surface area contributed by atoms with Crippen molar-refractivity contribution in [1.29, 1.82) is 0 Å². The zero-order chi connectivity index (χ0) is 28.8. The number of hydrogen-bond donors (Lipinski definition) is 2. The largest absolute Gasteiger partial charge is 0.488 e. The zero-order valence-electron chi connectivity index (χ0n) is 23.0. The Morgan fingerprint density at radius 3 is 2.15 bits per heavy atom. The maximum atomic E-state index is 12.6. The molecule has 3 aromatic rings. The molecule has 2 aromatic carbocycles. The Bertz CT molecular complexity index is 1410. The lowest BCUT2D eigenvalue weighted by Gasteiger charge is -2.29. The van der Waals surface area contributed by atoms with Crippen LogP contribution in [0.15, 0.2) is 48.5 Å². The molecule has 2 fully saturated rings. The van der Waals surface area contributed by atoms with Gasteiger partial charge < -0.3 is 34.6 Å². The highest BCUT2D eigenvalue weighted by molar-refractivity contribution is 6.00. The normalized spacial score (nSPS) is 15.4. The third kappa shape index (κ3) is 6.61. The Morgan fingerprint density at radius 1 is 0.902 bits per heavy atom. The molecule has 2 aliphatic rings. The van der Waals surface area contributed by atoms with Crippen molar-refractivity contribution in [3.05, 3.63) is 54.2 Å². The number of urea groups is 1. The van der Waals surface area contributed by atoms with Gasteiger partial charge in [0, 0.05) is 49.2 Å². The fourth-order valence-corrected chi connectivity index (χ4v) is 4.58. The number of hydrogen-bond acceptors (Lipinski definition) is 9. The maximum Gasteiger partial charge on any atom is 0.323 e. The Hall–Kier alpha value is -4.55. The Balaban J connectivity index is 1.29. The molecule has 2 N–H and O–H groups in total. The number of ketones is 1. The van der Waals surface area contributed by atoms with Gasteiger partial charge in [-0.1, -0.05) is 0 Å². The number of ether oxygens (including phenoxy) is 3. The van der Waals surface area contributed by atoms with E-state index in [1.54, 1.807) is 53.4 Å². The number of nitrogens with one attached hydrogen (secondary N) is 2. The molecule has 0 unspecified atom stereocenters. The molecule has 2 aliphatic heterocycles. The van der Waals surface area contributed by atoms with Gasteiger partial charge in [-0.25, -0.2) is 14.8 Å². The summed E-state index contributed by atoms with van der Waals surface area (Å²) >= 11 is 0. The van der Waals surface area contributed by atoms with Crippen molar-refractivity contribution < 1.29 is 28.6 Å². The first-order chi connectivity index (χ1) is 19.9. The molecule has 1 aromatic heterocycles. The average molecular weight is 561 g/mol. The van der Waals surface area contributed by atoms with Gasteiger partial charge in [0.15, 0.2) is 28.9 Å². The molecule has 0 bridgehead atoms. The Labute approximate surface area is 237 Å². The molecule has 214 valence electrons. The van der Waals surface area contributed by atoms with Gasteiger partial charge in [0.05, 0.1) is 26.4 Å². The summed E-state index contributed by atoms with van der Waals surface area (Å²) in [5, 5.41) is 5.59. The van der Waals surface area contributed by atoms with Crippen LogP contribution in [0.25, 0.3) is 11.4 Å². The molecule has 41 heavy (non-hydrogen) atoms. The van der Waals surface area contributed by atoms with Crippen LogP contribution in [0, 0.1) is 0 Å². The molecule has 0 spiro atoms. The van der Waals surface area contributed by atoms with E-state index in [0.717, 1.165) is 5.69 Å². The third-order valence-electron chi connectivity index (χ3n) is 6.60. The second-order valence-electron chi connectivity index (χ2n) is 9.44. The standard InChI is InChI=1S/C29H32N6O6/c1-3-41-26-25(19(2)36)32-27(33-28(26)34-12-15-39-16-13-34)20-4-6-21(7-5-20)30-29(38)31-22-8-10-23(11-9-22)35-14-17-40-18-24(35)37/h4-11H,3,12-18H2,1-2H3,(H2,30,31,38). The first kappa shape index (κ1) is 28.0. The molecule has 0 radical (unpaired) electrons. The van der Waals surface area contributed by atoms with Crippen LogP contribution in [-0.2, 0) is 14.3 Å². The number of rotatable bonds is 8. The Morgan fingerprint density at radius 2 is 1.54 bits per heavy atom. The van der Waals surface area contributed by atoms with E-state index in [1.807, 2.05) is 11.8 Å². The van der Waals surface area contributed by atoms with Gasteiger partial charge in [0.25, 0.3) is 5.91 Å². The van der Waals surface area contributed by atoms with E-state index in [-0.39, 0.29) is 24.0 Å². The molecular formula is C29H32N6O6. The lowest BCUT2D eigenvalue weighted by Crippen LogP contribution is -2.41. The van der Waals surface area contributed by atoms with Crippen molar-refractivity contribution >= 4 is 40.6 Å². The lowest BCUT2D eigenvalue weighted by atomic mass is 10.1. The van der Waals surface area contributed by atoms with Crippen LogP contribution in [0.1, 0.15) is 24.3 Å². The molecule has 0 aliphatic carbocycles. The van der Waals surface area contributed by atoms with Crippen molar-refractivity contribution in [1.82, 2.24) is 9.97 Å². The van der Waals surface area contributed by atoms with Crippen LogP contribution >= 0.6 is 0 Å². The monoisotopic (exact) mass is 560 g/mol. The number of carbonyl (C=O) groups excluding carboxylic acids is 3. The molecule has 12 nitrogen and oxygen atoms in total. The maximum absolute atomic E-state index is 12.6. The number of morpholine rings is 2. The summed E-state index contributed by atoms with van der Waals surface area (Å²) in [5.74, 6) is 1.02. The number of anilines is 4. The highest BCUT2D eigenvalue weighted by atomic mass is 16.5. The van der Waals surface area contributed by atoms with E-state index in [0.29, 0.717) is 80.4 Å². The molecular weight excluding hydrogens is 528 g/mol. The van der Waals surface area contributed by atoms with Gasteiger partial charge in [-0.05, 0) is 55.5 Å². The van der Waals surface area contributed by atoms with Gasteiger partial charge in [-0.3, -0.25) is 9.59 Å². The quantitative estimate of drug-likeness (QED) is 0.396. The summed E-state index contributed by atoms with van der Waals surface area (Å²) in [7, 11) is 0. The molecule has 3 heterocycles. The first-order valence-electron chi connectivity index (χ1n) is 13.5. The van der Waals surface area contributed by atoms with Gasteiger partial charge in [0.1, 0.15) is 6.61 Å². The van der Waals surface area contributed by atoms with Crippen molar-refractivity contribution in [2.24, 2.45) is 0 Å². The lowest BCUT2D eigenvalue weighted by molar-refractivity contribution is -0.125. The highest BCUT2D eigenvalue weighted by Gasteiger charge is 2.25. The predicted octanol–water partition coefficient (Wildman–Crippen LogP) is 3.59. The number of benzene rings is 2. The summed E-state index contributed by atoms with van der Waals surface area (Å²) in [5.41, 5.74) is 2.81. The van der Waals surface area contributed by atoms with Crippen LogP contribution in [0.5, 0.6) is 5.75 Å². The molecule has 0 saturated carbocycles. The van der Waals surface area contributed by atoms with E-state index < -0.39 is 6.03 Å². The minimum Gasteiger partial charge on any atom is -0.488 e. The van der Waals surface area contributed by atoms with Gasteiger partial charge in [-0.15, -0.1) is 0 Å². The van der Waals surface area contributed by atoms with E-state index in [2.05, 4.69) is 15.6 Å². The predicted molar refractivity (Wildman–Crippen MR) is 154 cm³/mol. The van der Waals surface area contributed by atoms with Crippen molar-refractivity contribution in [3.8, 4) is 17.1 Å². The fraction of sp³-hybridized carbons (Fsp3) is 0.345. The number of amides is 3. The molecule has 5 rings (SSSR count). The van der Waals surface area contributed by atoms with Crippen LogP contribution in [-0.4, -0.2) is 80.4 Å². The zero-order valence-corrected chi connectivity index (χ0v) is 23.0. The minimum absolute atomic E-state index is 0.0683. The topological polar surface area (TPSA) is 135 Å². The summed E-state index contributed by atoms with van der Waals surface area (Å²) in [6.45, 7) is 7.10.